The number of benzene rings is 3. The third-order valence-corrected chi connectivity index (χ3v) is 5.56. The number of carbonyl (C=O) groups is 1. The van der Waals surface area contributed by atoms with Crippen molar-refractivity contribution in [2.24, 2.45) is 0 Å². The number of ether oxygens (including phenoxy) is 1. The van der Waals surface area contributed by atoms with Crippen LogP contribution in [0.4, 0.5) is 15.8 Å². The van der Waals surface area contributed by atoms with Crippen molar-refractivity contribution in [3.05, 3.63) is 107 Å². The minimum Gasteiger partial charge on any atom is -0.487 e. The lowest BCUT2D eigenvalue weighted by Gasteiger charge is -2.13. The first kappa shape index (κ1) is 21.7. The second-order valence-electron chi connectivity index (χ2n) is 7.60. The van der Waals surface area contributed by atoms with E-state index in [2.05, 4.69) is 10.3 Å². The van der Waals surface area contributed by atoms with E-state index in [-0.39, 0.29) is 18.2 Å². The Kier molecular flexibility index (Phi) is 5.97. The number of carbonyl (C=O) groups excluding carboxylic acids is 1. The van der Waals surface area contributed by atoms with Gasteiger partial charge >= 0.3 is 0 Å². The summed E-state index contributed by atoms with van der Waals surface area (Å²) in [6.07, 6.45) is 2.40. The van der Waals surface area contributed by atoms with Crippen molar-refractivity contribution in [3.8, 4) is 17.1 Å². The molecule has 0 spiro atoms. The molecule has 0 saturated carbocycles. The van der Waals surface area contributed by atoms with Gasteiger partial charge in [0.1, 0.15) is 23.9 Å². The number of rotatable bonds is 7. The van der Waals surface area contributed by atoms with Crippen LogP contribution in [0.15, 0.2) is 89.5 Å². The molecule has 1 N–H and O–H groups in total. The van der Waals surface area contributed by atoms with Gasteiger partial charge in [-0.1, -0.05) is 23.7 Å². The lowest BCUT2D eigenvalue weighted by Crippen LogP contribution is -1.97. The average Bonchev–Trinajstić information content (AvgIpc) is 3.33. The first-order valence-corrected chi connectivity index (χ1v) is 10.8. The van der Waals surface area contributed by atoms with E-state index in [9.17, 15) is 9.18 Å². The Balaban J connectivity index is 1.38. The van der Waals surface area contributed by atoms with E-state index in [1.54, 1.807) is 42.6 Å². The van der Waals surface area contributed by atoms with E-state index in [0.717, 1.165) is 27.8 Å². The van der Waals surface area contributed by atoms with Gasteiger partial charge in [0.15, 0.2) is 12.0 Å². The maximum atomic E-state index is 13.4. The highest BCUT2D eigenvalue weighted by Gasteiger charge is 2.10. The van der Waals surface area contributed by atoms with Crippen molar-refractivity contribution >= 4 is 40.2 Å². The molecule has 0 aliphatic carbocycles. The first-order valence-electron chi connectivity index (χ1n) is 10.5. The predicted octanol–water partition coefficient (Wildman–Crippen LogP) is 7.42. The molecule has 0 unspecified atom stereocenters. The SMILES string of the molecule is O=Cc1ccc(-c2ccc3nccc(Nc4ccc(OCc5cccc(F)c5)c(Cl)c4)c3c2)o1. The molecule has 5 nitrogen and oxygen atoms in total. The molecule has 0 aliphatic heterocycles. The quantitative estimate of drug-likeness (QED) is 0.250. The largest absolute Gasteiger partial charge is 0.487 e. The van der Waals surface area contributed by atoms with Crippen molar-refractivity contribution in [2.45, 2.75) is 6.61 Å². The second-order valence-corrected chi connectivity index (χ2v) is 8.01. The van der Waals surface area contributed by atoms with Crippen LogP contribution in [-0.2, 0) is 6.61 Å². The lowest BCUT2D eigenvalue weighted by molar-refractivity contribution is 0.110. The molecular weight excluding hydrogens is 455 g/mol. The number of anilines is 2. The molecule has 0 saturated heterocycles. The third-order valence-electron chi connectivity index (χ3n) is 5.26. The molecule has 2 aromatic heterocycles. The molecule has 0 fully saturated rings. The van der Waals surface area contributed by atoms with E-state index in [1.165, 1.54) is 12.1 Å². The minimum absolute atomic E-state index is 0.209. The van der Waals surface area contributed by atoms with Gasteiger partial charge in [-0.25, -0.2) is 4.39 Å². The number of hydrogen-bond donors (Lipinski definition) is 1. The number of aldehydes is 1. The van der Waals surface area contributed by atoms with Crippen LogP contribution in [0.1, 0.15) is 16.1 Å². The zero-order valence-electron chi connectivity index (χ0n) is 17.8. The summed E-state index contributed by atoms with van der Waals surface area (Å²) in [6.45, 7) is 0.209. The molecule has 3 aromatic carbocycles. The second kappa shape index (κ2) is 9.37. The average molecular weight is 473 g/mol. The monoisotopic (exact) mass is 472 g/mol. The van der Waals surface area contributed by atoms with Crippen molar-refractivity contribution in [2.75, 3.05) is 5.32 Å². The number of aromatic nitrogens is 1. The van der Waals surface area contributed by atoms with Crippen molar-refractivity contribution < 1.29 is 18.3 Å². The van der Waals surface area contributed by atoms with E-state index in [0.29, 0.717) is 28.4 Å². The van der Waals surface area contributed by atoms with Gasteiger partial charge < -0.3 is 14.5 Å². The fourth-order valence-electron chi connectivity index (χ4n) is 3.62. The van der Waals surface area contributed by atoms with Crippen molar-refractivity contribution in [3.63, 3.8) is 0 Å². The van der Waals surface area contributed by atoms with Crippen LogP contribution < -0.4 is 10.1 Å². The molecule has 2 heterocycles. The summed E-state index contributed by atoms with van der Waals surface area (Å²) in [5.74, 6) is 1.06. The smallest absolute Gasteiger partial charge is 0.185 e. The van der Waals surface area contributed by atoms with Gasteiger partial charge in [-0.3, -0.25) is 9.78 Å². The fourth-order valence-corrected chi connectivity index (χ4v) is 3.85. The topological polar surface area (TPSA) is 64.4 Å². The highest BCUT2D eigenvalue weighted by atomic mass is 35.5. The summed E-state index contributed by atoms with van der Waals surface area (Å²) in [6, 6.07) is 22.6. The van der Waals surface area contributed by atoms with Gasteiger partial charge in [-0.05, 0) is 72.3 Å². The normalized spacial score (nSPS) is 10.9. The standard InChI is InChI=1S/C27H18ClFN2O3/c28-23-14-20(5-8-27(23)33-16-17-2-1-3-19(29)12-17)31-25-10-11-30-24-7-4-18(13-22(24)25)26-9-6-21(15-32)34-26/h1-15H,16H2,(H,30,31). The van der Waals surface area contributed by atoms with Crippen LogP contribution >= 0.6 is 11.6 Å². The third kappa shape index (κ3) is 4.63. The zero-order valence-corrected chi connectivity index (χ0v) is 18.6. The van der Waals surface area contributed by atoms with Crippen LogP contribution in [0.5, 0.6) is 5.75 Å². The van der Waals surface area contributed by atoms with Gasteiger partial charge in [0.2, 0.25) is 0 Å². The molecule has 0 bridgehead atoms. The number of nitrogens with one attached hydrogen (secondary N) is 1. The molecule has 0 atom stereocenters. The summed E-state index contributed by atoms with van der Waals surface area (Å²) in [5, 5.41) is 4.68. The van der Waals surface area contributed by atoms with E-state index in [4.69, 9.17) is 20.8 Å². The molecule has 34 heavy (non-hydrogen) atoms. The van der Waals surface area contributed by atoms with Crippen LogP contribution in [0.2, 0.25) is 5.02 Å². The Morgan fingerprint density at radius 3 is 2.74 bits per heavy atom. The Hall–Kier alpha value is -4.16. The molecule has 0 aliphatic rings. The number of pyridine rings is 1. The van der Waals surface area contributed by atoms with Crippen molar-refractivity contribution in [1.29, 1.82) is 0 Å². The molecule has 7 heteroatoms. The predicted molar refractivity (Wildman–Crippen MR) is 130 cm³/mol. The van der Waals surface area contributed by atoms with Crippen LogP contribution in [0.3, 0.4) is 0 Å². The summed E-state index contributed by atoms with van der Waals surface area (Å²) in [5.41, 5.74) is 3.95. The van der Waals surface area contributed by atoms with Gasteiger partial charge in [0, 0.05) is 28.5 Å². The van der Waals surface area contributed by atoms with Crippen LogP contribution in [-0.4, -0.2) is 11.3 Å². The minimum atomic E-state index is -0.310. The maximum absolute atomic E-state index is 13.4. The Labute approximate surface area is 199 Å². The van der Waals surface area contributed by atoms with Gasteiger partial charge in [-0.2, -0.15) is 0 Å². The lowest BCUT2D eigenvalue weighted by atomic mass is 10.1. The number of fused-ring (bicyclic) bond motifs is 1. The summed E-state index contributed by atoms with van der Waals surface area (Å²) in [7, 11) is 0. The van der Waals surface area contributed by atoms with E-state index in [1.807, 2.05) is 30.3 Å². The Morgan fingerprint density at radius 1 is 1.03 bits per heavy atom. The summed E-state index contributed by atoms with van der Waals surface area (Å²) in [4.78, 5) is 15.4. The van der Waals surface area contributed by atoms with Gasteiger partial charge in [0.05, 0.1) is 10.5 Å². The van der Waals surface area contributed by atoms with Crippen molar-refractivity contribution in [1.82, 2.24) is 4.98 Å². The molecular formula is C27H18ClFN2O3. The number of furan rings is 1. The molecule has 5 rings (SSSR count). The Morgan fingerprint density at radius 2 is 1.94 bits per heavy atom. The zero-order chi connectivity index (χ0) is 23.5. The number of nitrogens with zero attached hydrogens (tertiary/aromatic N) is 1. The first-order chi connectivity index (χ1) is 16.6. The van der Waals surface area contributed by atoms with Gasteiger partial charge in [0.25, 0.3) is 0 Å². The van der Waals surface area contributed by atoms with Crippen LogP contribution in [0, 0.1) is 5.82 Å². The molecule has 0 amide bonds. The molecule has 168 valence electrons. The summed E-state index contributed by atoms with van der Waals surface area (Å²) >= 11 is 6.44. The van der Waals surface area contributed by atoms with Crippen LogP contribution in [0.25, 0.3) is 22.2 Å². The number of halogens is 2. The summed E-state index contributed by atoms with van der Waals surface area (Å²) < 4.78 is 24.7. The number of hydrogen-bond acceptors (Lipinski definition) is 5. The fraction of sp³-hybridized carbons (Fsp3) is 0.0370. The highest BCUT2D eigenvalue weighted by Crippen LogP contribution is 2.33. The Bertz CT molecular complexity index is 1500. The maximum Gasteiger partial charge on any atom is 0.185 e. The molecule has 0 radical (unpaired) electrons. The van der Waals surface area contributed by atoms with E-state index < -0.39 is 0 Å². The van der Waals surface area contributed by atoms with Gasteiger partial charge in [-0.15, -0.1) is 0 Å². The highest BCUT2D eigenvalue weighted by molar-refractivity contribution is 6.32. The molecule has 5 aromatic rings. The van der Waals surface area contributed by atoms with E-state index >= 15 is 0 Å².